The average molecular weight is 501 g/mol. The van der Waals surface area contributed by atoms with E-state index in [0.29, 0.717) is 31.6 Å². The first-order valence-corrected chi connectivity index (χ1v) is 12.5. The molecule has 196 valence electrons. The number of hydrogen-bond acceptors (Lipinski definition) is 6. The normalized spacial score (nSPS) is 27.2. The van der Waals surface area contributed by atoms with E-state index in [0.717, 1.165) is 11.8 Å². The highest BCUT2D eigenvalue weighted by molar-refractivity contribution is 5.99. The molecule has 0 aliphatic carbocycles. The topological polar surface area (TPSA) is 134 Å². The van der Waals surface area contributed by atoms with Crippen LogP contribution in [0.1, 0.15) is 57.9 Å². The maximum atomic E-state index is 13.7. The highest BCUT2D eigenvalue weighted by atomic mass is 16.5. The minimum atomic E-state index is -1.30. The van der Waals surface area contributed by atoms with Gasteiger partial charge in [0.1, 0.15) is 35.7 Å². The molecular weight excluding hydrogens is 464 g/mol. The number of carbonyl (C=O) groups is 5. The van der Waals surface area contributed by atoms with Crippen LogP contribution in [0.3, 0.4) is 0 Å². The summed E-state index contributed by atoms with van der Waals surface area (Å²) in [6, 6.07) is 4.66. The monoisotopic (exact) mass is 500 g/mol. The molecular formula is C26H36N4O6. The van der Waals surface area contributed by atoms with Gasteiger partial charge in [-0.1, -0.05) is 19.1 Å². The van der Waals surface area contributed by atoms with Crippen molar-refractivity contribution >= 4 is 29.9 Å². The summed E-state index contributed by atoms with van der Waals surface area (Å²) in [5.41, 5.74) is -0.480. The summed E-state index contributed by atoms with van der Waals surface area (Å²) in [5.74, 6) is -1.02. The summed E-state index contributed by atoms with van der Waals surface area (Å²) in [6.45, 7) is 3.76. The third kappa shape index (κ3) is 6.22. The summed E-state index contributed by atoms with van der Waals surface area (Å²) in [5, 5.41) is 8.43. The fourth-order valence-corrected chi connectivity index (χ4v) is 4.62. The molecule has 10 heteroatoms. The summed E-state index contributed by atoms with van der Waals surface area (Å²) >= 11 is 0. The summed E-state index contributed by atoms with van der Waals surface area (Å²) < 4.78 is 5.20. The minimum Gasteiger partial charge on any atom is -0.497 e. The number of hydrogen-bond donors (Lipinski definition) is 3. The predicted molar refractivity (Wildman–Crippen MR) is 132 cm³/mol. The van der Waals surface area contributed by atoms with Crippen molar-refractivity contribution in [2.45, 2.75) is 82.5 Å². The molecule has 2 heterocycles. The molecule has 0 unspecified atom stereocenters. The van der Waals surface area contributed by atoms with Gasteiger partial charge in [0.25, 0.3) is 0 Å². The zero-order valence-corrected chi connectivity index (χ0v) is 21.2. The van der Waals surface area contributed by atoms with Crippen LogP contribution in [0.4, 0.5) is 0 Å². The highest BCUT2D eigenvalue weighted by Crippen LogP contribution is 2.22. The SMILES string of the molecule is CC[C@]1(C)NC(=O)[C@H](CCCC=O)NC(=O)[C@H]2CCCN2C(=O)[C@H](Cc2ccc(OC)cc2)NC1=O. The number of carbonyl (C=O) groups excluding carboxylic acids is 5. The van der Waals surface area contributed by atoms with Crippen molar-refractivity contribution in [2.75, 3.05) is 13.7 Å². The maximum Gasteiger partial charge on any atom is 0.246 e. The lowest BCUT2D eigenvalue weighted by atomic mass is 9.94. The minimum absolute atomic E-state index is 0.224. The summed E-state index contributed by atoms with van der Waals surface area (Å²) in [4.78, 5) is 65.8. The van der Waals surface area contributed by atoms with Crippen LogP contribution in [-0.4, -0.2) is 72.1 Å². The quantitative estimate of drug-likeness (QED) is 0.358. The lowest BCUT2D eigenvalue weighted by molar-refractivity contribution is -0.144. The molecule has 10 nitrogen and oxygen atoms in total. The van der Waals surface area contributed by atoms with Crippen LogP contribution in [-0.2, 0) is 30.4 Å². The summed E-state index contributed by atoms with van der Waals surface area (Å²) in [7, 11) is 1.57. The number of methoxy groups -OCH3 is 1. The van der Waals surface area contributed by atoms with Crippen LogP contribution in [0.25, 0.3) is 0 Å². The number of ether oxygens (including phenoxy) is 1. The Labute approximate surface area is 211 Å². The fraction of sp³-hybridized carbons (Fsp3) is 0.577. The van der Waals surface area contributed by atoms with Crippen LogP contribution in [0, 0.1) is 0 Å². The lowest BCUT2D eigenvalue weighted by Crippen LogP contribution is -2.65. The molecule has 36 heavy (non-hydrogen) atoms. The maximum absolute atomic E-state index is 13.7. The van der Waals surface area contributed by atoms with Gasteiger partial charge < -0.3 is 30.4 Å². The number of unbranched alkanes of at least 4 members (excludes halogenated alkanes) is 1. The smallest absolute Gasteiger partial charge is 0.246 e. The van der Waals surface area contributed by atoms with Crippen molar-refractivity contribution in [3.05, 3.63) is 29.8 Å². The standard InChI is InChI=1S/C26H36N4O6/c1-4-26(2)25(35)28-20(16-17-10-12-18(36-3)13-11-17)24(34)30-14-7-9-21(30)23(33)27-19(22(32)29-26)8-5-6-15-31/h10-13,15,19-21H,4-9,14,16H2,1-3H3,(H,27,33)(H,28,35)(H,29,32)/t19-,20-,21+,26-/m0/s1. The Morgan fingerprint density at radius 3 is 2.44 bits per heavy atom. The Morgan fingerprint density at radius 1 is 1.08 bits per heavy atom. The van der Waals surface area contributed by atoms with Crippen molar-refractivity contribution in [3.63, 3.8) is 0 Å². The predicted octanol–water partition coefficient (Wildman–Crippen LogP) is 0.866. The third-order valence-corrected chi connectivity index (χ3v) is 7.10. The highest BCUT2D eigenvalue weighted by Gasteiger charge is 2.43. The van der Waals surface area contributed by atoms with Gasteiger partial charge in [0.05, 0.1) is 7.11 Å². The number of fused-ring (bicyclic) bond motifs is 1. The lowest BCUT2D eigenvalue weighted by Gasteiger charge is -2.35. The first-order chi connectivity index (χ1) is 17.2. The van der Waals surface area contributed by atoms with Gasteiger partial charge >= 0.3 is 0 Å². The number of nitrogens with one attached hydrogen (secondary N) is 3. The molecule has 3 rings (SSSR count). The van der Waals surface area contributed by atoms with Gasteiger partial charge in [-0.2, -0.15) is 0 Å². The molecule has 0 saturated carbocycles. The molecule has 2 fully saturated rings. The summed E-state index contributed by atoms with van der Waals surface area (Å²) in [6.07, 6.45) is 3.28. The van der Waals surface area contributed by atoms with E-state index in [2.05, 4.69) is 16.0 Å². The number of aldehydes is 1. The molecule has 2 saturated heterocycles. The van der Waals surface area contributed by atoms with Crippen molar-refractivity contribution < 1.29 is 28.7 Å². The first kappa shape index (κ1) is 27.2. The van der Waals surface area contributed by atoms with Crippen LogP contribution < -0.4 is 20.7 Å². The van der Waals surface area contributed by atoms with Crippen molar-refractivity contribution in [2.24, 2.45) is 0 Å². The average Bonchev–Trinajstić information content (AvgIpc) is 3.37. The van der Waals surface area contributed by atoms with E-state index in [-0.39, 0.29) is 31.6 Å². The van der Waals surface area contributed by atoms with Crippen molar-refractivity contribution in [1.29, 1.82) is 0 Å². The Kier molecular flexibility index (Phi) is 9.06. The van der Waals surface area contributed by atoms with Crippen LogP contribution in [0.5, 0.6) is 5.75 Å². The van der Waals surface area contributed by atoms with Crippen LogP contribution in [0.15, 0.2) is 24.3 Å². The van der Waals surface area contributed by atoms with E-state index in [9.17, 15) is 24.0 Å². The molecule has 0 bridgehead atoms. The van der Waals surface area contributed by atoms with Gasteiger partial charge in [0.15, 0.2) is 0 Å². The van der Waals surface area contributed by atoms with E-state index < -0.39 is 41.4 Å². The Morgan fingerprint density at radius 2 is 1.81 bits per heavy atom. The Bertz CT molecular complexity index is 981. The fourth-order valence-electron chi connectivity index (χ4n) is 4.62. The van der Waals surface area contributed by atoms with Gasteiger partial charge in [0, 0.05) is 19.4 Å². The zero-order valence-electron chi connectivity index (χ0n) is 21.2. The first-order valence-electron chi connectivity index (χ1n) is 12.5. The number of amides is 4. The van der Waals surface area contributed by atoms with Gasteiger partial charge in [-0.25, -0.2) is 0 Å². The molecule has 4 atom stereocenters. The molecule has 1 aromatic carbocycles. The molecule has 2 aliphatic rings. The third-order valence-electron chi connectivity index (χ3n) is 7.10. The van der Waals surface area contributed by atoms with Gasteiger partial charge in [-0.3, -0.25) is 19.2 Å². The van der Waals surface area contributed by atoms with E-state index in [1.807, 2.05) is 12.1 Å². The second-order valence-electron chi connectivity index (χ2n) is 9.60. The van der Waals surface area contributed by atoms with Crippen molar-refractivity contribution in [1.82, 2.24) is 20.9 Å². The van der Waals surface area contributed by atoms with Crippen molar-refractivity contribution in [3.8, 4) is 5.75 Å². The number of rotatable bonds is 8. The molecule has 3 N–H and O–H groups in total. The zero-order chi connectivity index (χ0) is 26.3. The van der Waals surface area contributed by atoms with Gasteiger partial charge in [0.2, 0.25) is 23.6 Å². The number of benzene rings is 1. The van der Waals surface area contributed by atoms with Crippen LogP contribution >= 0.6 is 0 Å². The largest absolute Gasteiger partial charge is 0.497 e. The van der Waals surface area contributed by atoms with Gasteiger partial charge in [-0.15, -0.1) is 0 Å². The molecule has 0 aromatic heterocycles. The molecule has 0 radical (unpaired) electrons. The van der Waals surface area contributed by atoms with E-state index in [4.69, 9.17) is 4.74 Å². The Balaban J connectivity index is 1.94. The molecule has 2 aliphatic heterocycles. The van der Waals surface area contributed by atoms with Crippen LogP contribution in [0.2, 0.25) is 0 Å². The molecule has 1 aromatic rings. The van der Waals surface area contributed by atoms with E-state index in [1.54, 1.807) is 33.1 Å². The molecule has 4 amide bonds. The second-order valence-corrected chi connectivity index (χ2v) is 9.60. The van der Waals surface area contributed by atoms with E-state index >= 15 is 0 Å². The second kappa shape index (κ2) is 12.0. The number of nitrogens with zero attached hydrogens (tertiary/aromatic N) is 1. The Hall–Kier alpha value is -3.43. The van der Waals surface area contributed by atoms with E-state index in [1.165, 1.54) is 4.90 Å². The van der Waals surface area contributed by atoms with Gasteiger partial charge in [-0.05, 0) is 56.7 Å². The molecule has 0 spiro atoms.